The molecule has 3 rings (SSSR count). The van der Waals surface area contributed by atoms with Gasteiger partial charge in [-0.1, -0.05) is 48.5 Å². The van der Waals surface area contributed by atoms with Crippen LogP contribution in [0.3, 0.4) is 0 Å². The zero-order chi connectivity index (χ0) is 18.4. The van der Waals surface area contributed by atoms with E-state index in [0.29, 0.717) is 18.0 Å². The summed E-state index contributed by atoms with van der Waals surface area (Å²) in [5, 5.41) is 14.4. The first-order valence-corrected chi connectivity index (χ1v) is 8.89. The Bertz CT molecular complexity index is 776. The van der Waals surface area contributed by atoms with Crippen LogP contribution in [-0.4, -0.2) is 35.9 Å². The second kappa shape index (κ2) is 8.47. The summed E-state index contributed by atoms with van der Waals surface area (Å²) in [6.07, 6.45) is 2.19. The SMILES string of the molecule is CN=C(NCc1ccccc1[N+](=O)[O-])N1CCC(Cc2ccccc2)C1. The second-order valence-electron chi connectivity index (χ2n) is 6.58. The van der Waals surface area contributed by atoms with Gasteiger partial charge in [0.15, 0.2) is 5.96 Å². The minimum atomic E-state index is -0.342. The lowest BCUT2D eigenvalue weighted by atomic mass is 9.99. The predicted molar refractivity (Wildman–Crippen MR) is 103 cm³/mol. The summed E-state index contributed by atoms with van der Waals surface area (Å²) in [6.45, 7) is 2.29. The van der Waals surface area contributed by atoms with E-state index in [-0.39, 0.29) is 10.6 Å². The molecule has 0 amide bonds. The zero-order valence-corrected chi connectivity index (χ0v) is 15.0. The molecule has 0 radical (unpaired) electrons. The lowest BCUT2D eigenvalue weighted by Crippen LogP contribution is -2.39. The first-order valence-electron chi connectivity index (χ1n) is 8.89. The van der Waals surface area contributed by atoms with Gasteiger partial charge < -0.3 is 10.2 Å². The molecule has 0 bridgehead atoms. The van der Waals surface area contributed by atoms with Crippen molar-refractivity contribution in [3.05, 3.63) is 75.8 Å². The van der Waals surface area contributed by atoms with E-state index in [4.69, 9.17) is 0 Å². The van der Waals surface area contributed by atoms with Gasteiger partial charge in [0, 0.05) is 38.3 Å². The van der Waals surface area contributed by atoms with Gasteiger partial charge >= 0.3 is 0 Å². The number of benzene rings is 2. The van der Waals surface area contributed by atoms with Crippen molar-refractivity contribution < 1.29 is 4.92 Å². The zero-order valence-electron chi connectivity index (χ0n) is 15.0. The van der Waals surface area contributed by atoms with Crippen molar-refractivity contribution in [1.29, 1.82) is 0 Å². The fourth-order valence-electron chi connectivity index (χ4n) is 3.48. The minimum Gasteiger partial charge on any atom is -0.352 e. The number of para-hydroxylation sites is 1. The molecule has 1 aliphatic heterocycles. The Balaban J connectivity index is 1.58. The standard InChI is InChI=1S/C20H24N4O2/c1-21-20(22-14-18-9-5-6-10-19(18)24(25)26)23-12-11-17(15-23)13-16-7-3-2-4-8-16/h2-10,17H,11-15H2,1H3,(H,21,22). The summed E-state index contributed by atoms with van der Waals surface area (Å²) in [5.41, 5.74) is 2.17. The molecular formula is C20H24N4O2. The Kier molecular flexibility index (Phi) is 5.84. The number of guanidine groups is 1. The largest absolute Gasteiger partial charge is 0.352 e. The maximum absolute atomic E-state index is 11.1. The molecule has 26 heavy (non-hydrogen) atoms. The summed E-state index contributed by atoms with van der Waals surface area (Å²) in [7, 11) is 1.76. The Hall–Kier alpha value is -2.89. The van der Waals surface area contributed by atoms with Gasteiger partial charge in [-0.2, -0.15) is 0 Å². The van der Waals surface area contributed by atoms with Crippen molar-refractivity contribution in [2.75, 3.05) is 20.1 Å². The summed E-state index contributed by atoms with van der Waals surface area (Å²) in [6, 6.07) is 17.4. The molecule has 6 heteroatoms. The van der Waals surface area contributed by atoms with Crippen LogP contribution in [0.1, 0.15) is 17.5 Å². The summed E-state index contributed by atoms with van der Waals surface area (Å²) < 4.78 is 0. The van der Waals surface area contributed by atoms with Gasteiger partial charge in [0.1, 0.15) is 0 Å². The predicted octanol–water partition coefficient (Wildman–Crippen LogP) is 3.23. The minimum absolute atomic E-state index is 0.138. The van der Waals surface area contributed by atoms with Gasteiger partial charge in [-0.05, 0) is 24.3 Å². The van der Waals surface area contributed by atoms with Crippen molar-refractivity contribution in [2.24, 2.45) is 10.9 Å². The molecule has 6 nitrogen and oxygen atoms in total. The molecule has 1 unspecified atom stereocenters. The maximum Gasteiger partial charge on any atom is 0.274 e. The van der Waals surface area contributed by atoms with Gasteiger partial charge in [0.2, 0.25) is 0 Å². The normalized spacial score (nSPS) is 17.3. The maximum atomic E-state index is 11.1. The van der Waals surface area contributed by atoms with Crippen molar-refractivity contribution in [3.63, 3.8) is 0 Å². The van der Waals surface area contributed by atoms with Gasteiger partial charge in [-0.15, -0.1) is 0 Å². The fraction of sp³-hybridized carbons (Fsp3) is 0.350. The van der Waals surface area contributed by atoms with Gasteiger partial charge in [0.25, 0.3) is 5.69 Å². The molecule has 0 saturated carbocycles. The van der Waals surface area contributed by atoms with Crippen LogP contribution < -0.4 is 5.32 Å². The summed E-state index contributed by atoms with van der Waals surface area (Å²) >= 11 is 0. The second-order valence-corrected chi connectivity index (χ2v) is 6.58. The average Bonchev–Trinajstić information content (AvgIpc) is 3.11. The van der Waals surface area contributed by atoms with Crippen LogP contribution in [0.15, 0.2) is 59.6 Å². The van der Waals surface area contributed by atoms with Crippen LogP contribution in [0.4, 0.5) is 5.69 Å². The van der Waals surface area contributed by atoms with E-state index in [1.54, 1.807) is 19.2 Å². The highest BCUT2D eigenvalue weighted by Gasteiger charge is 2.25. The number of nitro benzene ring substituents is 1. The number of nitrogens with one attached hydrogen (secondary N) is 1. The number of nitro groups is 1. The molecule has 1 fully saturated rings. The van der Waals surface area contributed by atoms with Crippen molar-refractivity contribution in [1.82, 2.24) is 10.2 Å². The fourth-order valence-corrected chi connectivity index (χ4v) is 3.48. The van der Waals surface area contributed by atoms with E-state index < -0.39 is 0 Å². The molecule has 1 N–H and O–H groups in total. The van der Waals surface area contributed by atoms with Gasteiger partial charge in [-0.25, -0.2) is 0 Å². The van der Waals surface area contributed by atoms with E-state index in [1.807, 2.05) is 12.1 Å². The van der Waals surface area contributed by atoms with E-state index in [0.717, 1.165) is 31.9 Å². The third-order valence-corrected chi connectivity index (χ3v) is 4.79. The number of rotatable bonds is 5. The number of aliphatic imine (C=N–C) groups is 1. The van der Waals surface area contributed by atoms with E-state index in [1.165, 1.54) is 11.6 Å². The Morgan fingerprint density at radius 2 is 1.96 bits per heavy atom. The third-order valence-electron chi connectivity index (χ3n) is 4.79. The lowest BCUT2D eigenvalue weighted by Gasteiger charge is -2.21. The van der Waals surface area contributed by atoms with Crippen LogP contribution in [-0.2, 0) is 13.0 Å². The third kappa shape index (κ3) is 4.39. The van der Waals surface area contributed by atoms with Crippen molar-refractivity contribution in [2.45, 2.75) is 19.4 Å². The smallest absolute Gasteiger partial charge is 0.274 e. The highest BCUT2D eigenvalue weighted by Crippen LogP contribution is 2.21. The van der Waals surface area contributed by atoms with Gasteiger partial charge in [0.05, 0.1) is 4.92 Å². The van der Waals surface area contributed by atoms with E-state index in [9.17, 15) is 10.1 Å². The Morgan fingerprint density at radius 3 is 2.69 bits per heavy atom. The summed E-state index contributed by atoms with van der Waals surface area (Å²) in [5.74, 6) is 1.40. The molecule has 0 aliphatic carbocycles. The van der Waals surface area contributed by atoms with E-state index in [2.05, 4.69) is 39.5 Å². The number of nitrogens with zero attached hydrogens (tertiary/aromatic N) is 3. The van der Waals surface area contributed by atoms with Crippen molar-refractivity contribution in [3.8, 4) is 0 Å². The van der Waals surface area contributed by atoms with Crippen LogP contribution in [0.2, 0.25) is 0 Å². The average molecular weight is 352 g/mol. The molecule has 2 aromatic carbocycles. The van der Waals surface area contributed by atoms with Crippen LogP contribution in [0.25, 0.3) is 0 Å². The molecule has 0 spiro atoms. The Labute approximate surface area is 153 Å². The van der Waals surface area contributed by atoms with E-state index >= 15 is 0 Å². The molecule has 0 aromatic heterocycles. The van der Waals surface area contributed by atoms with Gasteiger partial charge in [-0.3, -0.25) is 15.1 Å². The molecular weight excluding hydrogens is 328 g/mol. The van der Waals surface area contributed by atoms with Crippen LogP contribution >= 0.6 is 0 Å². The molecule has 1 saturated heterocycles. The number of hydrogen-bond donors (Lipinski definition) is 1. The summed E-state index contributed by atoms with van der Waals surface area (Å²) in [4.78, 5) is 17.4. The van der Waals surface area contributed by atoms with Crippen LogP contribution in [0.5, 0.6) is 0 Å². The molecule has 2 aromatic rings. The lowest BCUT2D eigenvalue weighted by molar-refractivity contribution is -0.385. The highest BCUT2D eigenvalue weighted by molar-refractivity contribution is 5.80. The topological polar surface area (TPSA) is 70.8 Å². The first kappa shape index (κ1) is 17.9. The van der Waals surface area contributed by atoms with Crippen molar-refractivity contribution >= 4 is 11.6 Å². The number of likely N-dealkylation sites (tertiary alicyclic amines) is 1. The van der Waals surface area contributed by atoms with Crippen LogP contribution in [0, 0.1) is 16.0 Å². The Morgan fingerprint density at radius 1 is 1.23 bits per heavy atom. The molecule has 1 atom stereocenters. The highest BCUT2D eigenvalue weighted by atomic mass is 16.6. The number of hydrogen-bond acceptors (Lipinski definition) is 3. The molecule has 136 valence electrons. The molecule has 1 aliphatic rings. The first-order chi connectivity index (χ1) is 12.7. The monoisotopic (exact) mass is 352 g/mol. The quantitative estimate of drug-likeness (QED) is 0.388. The molecule has 1 heterocycles.